The molecule has 1 N–H and O–H groups in total. The molecule has 0 radical (unpaired) electrons. The quantitative estimate of drug-likeness (QED) is 0.496. The minimum atomic E-state index is -1.39. The molecule has 1 unspecified atom stereocenters. The molecule has 6 rings (SSSR count). The Balaban J connectivity index is 1.52. The number of hydrogen-bond acceptors (Lipinski definition) is 6. The van der Waals surface area contributed by atoms with Crippen molar-refractivity contribution in [3.8, 4) is 0 Å². The van der Waals surface area contributed by atoms with Crippen LogP contribution in [0.25, 0.3) is 10.8 Å². The molecular weight excluding hydrogens is 484 g/mol. The molecule has 198 valence electrons. The molecule has 4 heterocycles. The van der Waals surface area contributed by atoms with Gasteiger partial charge in [0.05, 0.1) is 24.2 Å². The number of likely N-dealkylation sites (tertiary alicyclic amines) is 1. The largest absolute Gasteiger partial charge is 0.461 e. The second-order valence-corrected chi connectivity index (χ2v) is 11.2. The van der Waals surface area contributed by atoms with E-state index in [-0.39, 0.29) is 37.5 Å². The molecule has 8 heteroatoms. The molecule has 2 aromatic rings. The van der Waals surface area contributed by atoms with E-state index in [1.807, 2.05) is 62.4 Å². The van der Waals surface area contributed by atoms with E-state index in [2.05, 4.69) is 0 Å². The Hall–Kier alpha value is -3.49. The van der Waals surface area contributed by atoms with E-state index in [1.54, 1.807) is 30.1 Å². The van der Waals surface area contributed by atoms with Crippen molar-refractivity contribution in [2.75, 3.05) is 24.7 Å². The maximum atomic E-state index is 14.6. The third-order valence-corrected chi connectivity index (χ3v) is 8.61. The summed E-state index contributed by atoms with van der Waals surface area (Å²) in [5.74, 6) is -3.22. The fraction of sp³-hybridized carbons (Fsp3) is 0.433. The van der Waals surface area contributed by atoms with E-state index in [4.69, 9.17) is 9.47 Å². The van der Waals surface area contributed by atoms with Crippen LogP contribution in [0.1, 0.15) is 20.8 Å². The first kappa shape index (κ1) is 24.8. The SMILES string of the molecule is CC(C)[C@H](CO)N1C(=O)[C@@H]2[C@H]3C(=O)OCC=C[C@@]3(C)O[C@@]23C=CCN(c2ccc4ccccc4c2)C(=O)C13. The Labute approximate surface area is 221 Å². The van der Waals surface area contributed by atoms with Gasteiger partial charge in [-0.25, -0.2) is 0 Å². The number of benzene rings is 2. The number of aliphatic hydroxyl groups excluding tert-OH is 1. The normalized spacial score (nSPS) is 33.2. The molecule has 2 amide bonds. The van der Waals surface area contributed by atoms with Gasteiger partial charge in [0.1, 0.15) is 24.2 Å². The maximum Gasteiger partial charge on any atom is 0.313 e. The zero-order valence-corrected chi connectivity index (χ0v) is 21.7. The predicted octanol–water partition coefficient (Wildman–Crippen LogP) is 2.84. The van der Waals surface area contributed by atoms with Crippen molar-refractivity contribution in [2.45, 2.75) is 44.1 Å². The lowest BCUT2D eigenvalue weighted by Gasteiger charge is -2.41. The van der Waals surface area contributed by atoms with Gasteiger partial charge < -0.3 is 24.4 Å². The van der Waals surface area contributed by atoms with Gasteiger partial charge in [0.2, 0.25) is 5.91 Å². The number of esters is 1. The highest BCUT2D eigenvalue weighted by Gasteiger charge is 2.75. The summed E-state index contributed by atoms with van der Waals surface area (Å²) in [7, 11) is 0. The number of rotatable bonds is 4. The minimum Gasteiger partial charge on any atom is -0.461 e. The fourth-order valence-electron chi connectivity index (χ4n) is 6.85. The minimum absolute atomic E-state index is 0.102. The molecule has 0 saturated carbocycles. The number of fused-ring (bicyclic) bond motifs is 3. The number of cyclic esters (lactones) is 1. The Bertz CT molecular complexity index is 1380. The number of carbonyl (C=O) groups excluding carboxylic acids is 3. The molecule has 38 heavy (non-hydrogen) atoms. The van der Waals surface area contributed by atoms with Gasteiger partial charge >= 0.3 is 5.97 Å². The molecule has 6 atom stereocenters. The van der Waals surface area contributed by atoms with E-state index < -0.39 is 41.1 Å². The highest BCUT2D eigenvalue weighted by Crippen LogP contribution is 2.58. The molecule has 2 aromatic carbocycles. The summed E-state index contributed by atoms with van der Waals surface area (Å²) < 4.78 is 12.2. The van der Waals surface area contributed by atoms with E-state index in [1.165, 1.54) is 4.90 Å². The number of nitrogens with zero attached hydrogens (tertiary/aromatic N) is 2. The Morgan fingerprint density at radius 2 is 1.76 bits per heavy atom. The van der Waals surface area contributed by atoms with Crippen molar-refractivity contribution in [1.29, 1.82) is 0 Å². The van der Waals surface area contributed by atoms with Crippen LogP contribution in [0.3, 0.4) is 0 Å². The van der Waals surface area contributed by atoms with E-state index in [0.717, 1.165) is 10.8 Å². The summed E-state index contributed by atoms with van der Waals surface area (Å²) in [5, 5.41) is 12.4. The number of anilines is 1. The molecule has 2 fully saturated rings. The van der Waals surface area contributed by atoms with Crippen LogP contribution in [0.5, 0.6) is 0 Å². The molecule has 1 spiro atoms. The van der Waals surface area contributed by atoms with Crippen molar-refractivity contribution < 1.29 is 29.0 Å². The van der Waals surface area contributed by atoms with Crippen LogP contribution < -0.4 is 4.90 Å². The van der Waals surface area contributed by atoms with Gasteiger partial charge in [0.15, 0.2) is 0 Å². The lowest BCUT2D eigenvalue weighted by Crippen LogP contribution is -2.59. The van der Waals surface area contributed by atoms with Crippen molar-refractivity contribution in [3.63, 3.8) is 0 Å². The van der Waals surface area contributed by atoms with Crippen molar-refractivity contribution >= 4 is 34.2 Å². The predicted molar refractivity (Wildman–Crippen MR) is 141 cm³/mol. The second kappa shape index (κ2) is 8.78. The third-order valence-electron chi connectivity index (χ3n) is 8.61. The summed E-state index contributed by atoms with van der Waals surface area (Å²) >= 11 is 0. The molecule has 0 aromatic heterocycles. The molecule has 4 aliphatic rings. The first-order chi connectivity index (χ1) is 18.2. The van der Waals surface area contributed by atoms with Crippen LogP contribution in [-0.2, 0) is 23.9 Å². The Kier molecular flexibility index (Phi) is 5.74. The van der Waals surface area contributed by atoms with Gasteiger partial charge in [-0.15, -0.1) is 0 Å². The lowest BCUT2D eigenvalue weighted by atomic mass is 9.75. The van der Waals surface area contributed by atoms with Crippen LogP contribution in [-0.4, -0.2) is 70.8 Å². The van der Waals surface area contributed by atoms with Gasteiger partial charge in [0.25, 0.3) is 5.91 Å². The van der Waals surface area contributed by atoms with Crippen LogP contribution >= 0.6 is 0 Å². The summed E-state index contributed by atoms with van der Waals surface area (Å²) in [6, 6.07) is 12.1. The maximum absolute atomic E-state index is 14.6. The number of ether oxygens (including phenoxy) is 2. The standard InChI is InChI=1S/C30H32N2O6/c1-18(2)22(17-33)32-25-27(35)31(21-11-10-19-8-4-5-9-20(19)16-21)14-6-13-30(25)23(26(32)34)24-28(36)37-15-7-12-29(24,3)38-30/h4-13,16,18,22-25,33H,14-15,17H2,1-3H3/t22-,23-,24-,25?,29+,30-/m0/s1. The first-order valence-electron chi connectivity index (χ1n) is 13.2. The second-order valence-electron chi connectivity index (χ2n) is 11.2. The molecule has 2 saturated heterocycles. The number of hydrogen-bond donors (Lipinski definition) is 1. The fourth-order valence-corrected chi connectivity index (χ4v) is 6.85. The molecule has 0 bridgehead atoms. The number of amides is 2. The van der Waals surface area contributed by atoms with Gasteiger partial charge in [0, 0.05) is 12.2 Å². The first-order valence-corrected chi connectivity index (χ1v) is 13.2. The number of carbonyl (C=O) groups is 3. The zero-order valence-electron chi connectivity index (χ0n) is 21.7. The van der Waals surface area contributed by atoms with Crippen LogP contribution in [0, 0.1) is 17.8 Å². The molecule has 0 aliphatic carbocycles. The number of aliphatic hydroxyl groups is 1. The van der Waals surface area contributed by atoms with Crippen molar-refractivity contribution in [2.24, 2.45) is 17.8 Å². The summed E-state index contributed by atoms with van der Waals surface area (Å²) in [6.07, 6.45) is 7.15. The van der Waals surface area contributed by atoms with Crippen LogP contribution in [0.15, 0.2) is 66.8 Å². The lowest BCUT2D eigenvalue weighted by molar-refractivity contribution is -0.158. The average Bonchev–Trinajstić information content (AvgIpc) is 3.15. The van der Waals surface area contributed by atoms with Gasteiger partial charge in [-0.05, 0) is 41.8 Å². The van der Waals surface area contributed by atoms with Crippen LogP contribution in [0.2, 0.25) is 0 Å². The Morgan fingerprint density at radius 3 is 2.50 bits per heavy atom. The Morgan fingerprint density at radius 1 is 1.00 bits per heavy atom. The van der Waals surface area contributed by atoms with E-state index >= 15 is 0 Å². The van der Waals surface area contributed by atoms with E-state index in [0.29, 0.717) is 5.69 Å². The summed E-state index contributed by atoms with van der Waals surface area (Å²) in [6.45, 7) is 5.65. The smallest absolute Gasteiger partial charge is 0.313 e. The highest BCUT2D eigenvalue weighted by molar-refractivity contribution is 6.06. The molecule has 8 nitrogen and oxygen atoms in total. The third kappa shape index (κ3) is 3.39. The zero-order chi connectivity index (χ0) is 26.8. The molecule has 4 aliphatic heterocycles. The monoisotopic (exact) mass is 516 g/mol. The average molecular weight is 517 g/mol. The van der Waals surface area contributed by atoms with Gasteiger partial charge in [-0.2, -0.15) is 0 Å². The van der Waals surface area contributed by atoms with E-state index in [9.17, 15) is 19.5 Å². The van der Waals surface area contributed by atoms with Crippen LogP contribution in [0.4, 0.5) is 5.69 Å². The highest BCUT2D eigenvalue weighted by atomic mass is 16.6. The topological polar surface area (TPSA) is 96.4 Å². The van der Waals surface area contributed by atoms with Crippen molar-refractivity contribution in [3.05, 3.63) is 66.8 Å². The molecular formula is C30H32N2O6. The van der Waals surface area contributed by atoms with Gasteiger partial charge in [-0.3, -0.25) is 14.4 Å². The van der Waals surface area contributed by atoms with Crippen molar-refractivity contribution in [1.82, 2.24) is 4.90 Å². The summed E-state index contributed by atoms with van der Waals surface area (Å²) in [5.41, 5.74) is -1.80. The van der Waals surface area contributed by atoms with Gasteiger partial charge in [-0.1, -0.05) is 62.4 Å². The summed E-state index contributed by atoms with van der Waals surface area (Å²) in [4.78, 5) is 45.2.